The summed E-state index contributed by atoms with van der Waals surface area (Å²) < 4.78 is 4.85. The Morgan fingerprint density at radius 1 is 1.05 bits per heavy atom. The molecular weight excluding hydrogens is 262 g/mol. The van der Waals surface area contributed by atoms with Crippen molar-refractivity contribution >= 4 is 5.91 Å². The summed E-state index contributed by atoms with van der Waals surface area (Å²) in [6.45, 7) is -0.706. The van der Waals surface area contributed by atoms with Gasteiger partial charge in [0.25, 0.3) is 5.91 Å². The van der Waals surface area contributed by atoms with E-state index in [1.165, 1.54) is 0 Å². The Morgan fingerprint density at radius 2 is 1.68 bits per heavy atom. The summed E-state index contributed by atoms with van der Waals surface area (Å²) >= 11 is 0. The first-order chi connectivity index (χ1) is 8.95. The number of amides is 1. The van der Waals surface area contributed by atoms with E-state index in [9.17, 15) is 20.1 Å². The van der Waals surface area contributed by atoms with Crippen LogP contribution in [0.15, 0.2) is 0 Å². The smallest absolute Gasteiger partial charge is 0.251 e. The minimum Gasteiger partial charge on any atom is -0.394 e. The Labute approximate surface area is 110 Å². The molecule has 0 saturated carbocycles. The molecule has 4 atom stereocenters. The maximum absolute atomic E-state index is 11.4. The van der Waals surface area contributed by atoms with Crippen molar-refractivity contribution in [2.24, 2.45) is 0 Å². The zero-order valence-electron chi connectivity index (χ0n) is 10.3. The predicted octanol–water partition coefficient (Wildman–Crippen LogP) is -4.45. The Balaban J connectivity index is 4.03. The molecule has 0 aliphatic rings. The van der Waals surface area contributed by atoms with E-state index in [0.29, 0.717) is 0 Å². The number of nitrogens with one attached hydrogen (secondary N) is 1. The maximum Gasteiger partial charge on any atom is 0.251 e. The molecule has 114 valence electrons. The Morgan fingerprint density at radius 3 is 2.21 bits per heavy atom. The molecule has 7 N–H and O–H groups in total. The van der Waals surface area contributed by atoms with E-state index in [4.69, 9.17) is 20.1 Å². The second kappa shape index (κ2) is 10.0. The van der Waals surface area contributed by atoms with E-state index in [1.807, 2.05) is 0 Å². The maximum atomic E-state index is 11.4. The van der Waals surface area contributed by atoms with Crippen LogP contribution in [0.5, 0.6) is 0 Å². The van der Waals surface area contributed by atoms with Crippen molar-refractivity contribution in [2.75, 3.05) is 33.0 Å². The molecule has 0 spiro atoms. The third-order valence-corrected chi connectivity index (χ3v) is 2.30. The summed E-state index contributed by atoms with van der Waals surface area (Å²) in [7, 11) is 0. The van der Waals surface area contributed by atoms with Gasteiger partial charge in [-0.2, -0.15) is 0 Å². The Hall–Kier alpha value is -0.810. The second-order valence-electron chi connectivity index (χ2n) is 3.80. The highest BCUT2D eigenvalue weighted by molar-refractivity contribution is 5.81. The van der Waals surface area contributed by atoms with E-state index in [2.05, 4.69) is 5.32 Å². The van der Waals surface area contributed by atoms with Crippen molar-refractivity contribution in [2.45, 2.75) is 24.4 Å². The van der Waals surface area contributed by atoms with Crippen LogP contribution >= 0.6 is 0 Å². The number of hydrogen-bond donors (Lipinski definition) is 7. The number of aliphatic hydroxyl groups excluding tert-OH is 6. The summed E-state index contributed by atoms with van der Waals surface area (Å²) in [4.78, 5) is 11.4. The lowest BCUT2D eigenvalue weighted by Gasteiger charge is -2.24. The van der Waals surface area contributed by atoms with Crippen molar-refractivity contribution in [1.29, 1.82) is 0 Å². The van der Waals surface area contributed by atoms with Crippen molar-refractivity contribution in [1.82, 2.24) is 5.32 Å². The molecule has 0 aliphatic carbocycles. The Bertz CT molecular complexity index is 252. The number of carbonyl (C=O) groups excluding carboxylic acids is 1. The van der Waals surface area contributed by atoms with Crippen molar-refractivity contribution in [3.63, 3.8) is 0 Å². The third kappa shape index (κ3) is 6.78. The molecule has 0 aromatic carbocycles. The fraction of sp³-hybridized carbons (Fsp3) is 0.900. The molecule has 0 heterocycles. The number of ether oxygens (including phenoxy) is 1. The van der Waals surface area contributed by atoms with Crippen LogP contribution in [0.2, 0.25) is 0 Å². The summed E-state index contributed by atoms with van der Waals surface area (Å²) in [5, 5.41) is 56.4. The lowest BCUT2D eigenvalue weighted by Crippen LogP contribution is -2.52. The molecule has 9 nitrogen and oxygen atoms in total. The van der Waals surface area contributed by atoms with Gasteiger partial charge >= 0.3 is 0 Å². The highest BCUT2D eigenvalue weighted by atomic mass is 16.5. The molecule has 0 saturated heterocycles. The average molecular weight is 283 g/mol. The van der Waals surface area contributed by atoms with Crippen LogP contribution in [0.25, 0.3) is 0 Å². The first kappa shape index (κ1) is 18.2. The van der Waals surface area contributed by atoms with Crippen LogP contribution in [0.1, 0.15) is 0 Å². The first-order valence-electron chi connectivity index (χ1n) is 5.75. The van der Waals surface area contributed by atoms with E-state index in [0.717, 1.165) is 0 Å². The van der Waals surface area contributed by atoms with Gasteiger partial charge in [-0.25, -0.2) is 0 Å². The Kier molecular flexibility index (Phi) is 9.61. The van der Waals surface area contributed by atoms with Crippen molar-refractivity contribution in [3.8, 4) is 0 Å². The summed E-state index contributed by atoms with van der Waals surface area (Å²) in [6.07, 6.45) is -7.39. The molecule has 0 bridgehead atoms. The molecule has 0 unspecified atom stereocenters. The van der Waals surface area contributed by atoms with Crippen LogP contribution in [-0.4, -0.2) is 93.9 Å². The number of carbonyl (C=O) groups is 1. The van der Waals surface area contributed by atoms with Gasteiger partial charge in [-0.05, 0) is 0 Å². The SMILES string of the molecule is O=C(NCCOCCO)[C@H](O)[C@@H](O)[C@H](O)[C@H](O)CO. The van der Waals surface area contributed by atoms with Gasteiger partial charge in [0.05, 0.1) is 26.4 Å². The number of hydrogen-bond acceptors (Lipinski definition) is 8. The molecule has 0 aliphatic heterocycles. The molecule has 0 rings (SSSR count). The zero-order valence-corrected chi connectivity index (χ0v) is 10.3. The molecular formula is C10H21NO8. The topological polar surface area (TPSA) is 160 Å². The quantitative estimate of drug-likeness (QED) is 0.198. The van der Waals surface area contributed by atoms with Crippen LogP contribution < -0.4 is 5.32 Å². The minimum absolute atomic E-state index is 0.0429. The van der Waals surface area contributed by atoms with Crippen LogP contribution in [0, 0.1) is 0 Å². The lowest BCUT2D eigenvalue weighted by molar-refractivity contribution is -0.149. The van der Waals surface area contributed by atoms with Gasteiger partial charge in [-0.15, -0.1) is 0 Å². The van der Waals surface area contributed by atoms with Gasteiger partial charge < -0.3 is 40.7 Å². The van der Waals surface area contributed by atoms with Gasteiger partial charge in [-0.1, -0.05) is 0 Å². The number of rotatable bonds is 10. The van der Waals surface area contributed by atoms with E-state index in [1.54, 1.807) is 0 Å². The van der Waals surface area contributed by atoms with Crippen molar-refractivity contribution in [3.05, 3.63) is 0 Å². The molecule has 0 aromatic rings. The molecule has 1 amide bonds. The van der Waals surface area contributed by atoms with E-state index < -0.39 is 36.9 Å². The summed E-state index contributed by atoms with van der Waals surface area (Å²) in [5.41, 5.74) is 0. The standard InChI is InChI=1S/C10H21NO8/c12-2-4-19-3-1-11-10(18)9(17)8(16)7(15)6(14)5-13/h6-9,12-17H,1-5H2,(H,11,18)/t6-,7-,8+,9-/m1/s1. The van der Waals surface area contributed by atoms with E-state index in [-0.39, 0.29) is 26.4 Å². The van der Waals surface area contributed by atoms with Gasteiger partial charge in [0, 0.05) is 6.54 Å². The van der Waals surface area contributed by atoms with Gasteiger partial charge in [0.2, 0.25) is 0 Å². The molecule has 0 aromatic heterocycles. The van der Waals surface area contributed by atoms with Crippen molar-refractivity contribution < 1.29 is 40.2 Å². The van der Waals surface area contributed by atoms with Crippen LogP contribution in [0.3, 0.4) is 0 Å². The van der Waals surface area contributed by atoms with Gasteiger partial charge in [0.15, 0.2) is 6.10 Å². The van der Waals surface area contributed by atoms with Crippen LogP contribution in [0.4, 0.5) is 0 Å². The van der Waals surface area contributed by atoms with Crippen LogP contribution in [-0.2, 0) is 9.53 Å². The highest BCUT2D eigenvalue weighted by Gasteiger charge is 2.33. The third-order valence-electron chi connectivity index (χ3n) is 2.30. The normalized spacial score (nSPS) is 17.6. The molecule has 9 heteroatoms. The number of aliphatic hydroxyl groups is 6. The van der Waals surface area contributed by atoms with E-state index >= 15 is 0 Å². The molecule has 19 heavy (non-hydrogen) atoms. The highest BCUT2D eigenvalue weighted by Crippen LogP contribution is 2.05. The fourth-order valence-electron chi connectivity index (χ4n) is 1.20. The summed E-state index contributed by atoms with van der Waals surface area (Å²) in [5.74, 6) is -0.954. The largest absolute Gasteiger partial charge is 0.394 e. The lowest BCUT2D eigenvalue weighted by atomic mass is 10.0. The molecule has 0 fully saturated rings. The second-order valence-corrected chi connectivity index (χ2v) is 3.80. The average Bonchev–Trinajstić information content (AvgIpc) is 2.43. The fourth-order valence-corrected chi connectivity index (χ4v) is 1.20. The van der Waals surface area contributed by atoms with Gasteiger partial charge in [0.1, 0.15) is 18.3 Å². The predicted molar refractivity (Wildman–Crippen MR) is 62.0 cm³/mol. The zero-order chi connectivity index (χ0) is 14.8. The molecule has 0 radical (unpaired) electrons. The minimum atomic E-state index is -1.95. The monoisotopic (exact) mass is 283 g/mol. The summed E-state index contributed by atoms with van der Waals surface area (Å²) in [6, 6.07) is 0. The first-order valence-corrected chi connectivity index (χ1v) is 5.75. The van der Waals surface area contributed by atoms with Gasteiger partial charge in [-0.3, -0.25) is 4.79 Å².